The van der Waals surface area contributed by atoms with E-state index in [-0.39, 0.29) is 12.5 Å². The maximum absolute atomic E-state index is 11.4. The number of ether oxygens (including phenoxy) is 1. The highest BCUT2D eigenvalue weighted by atomic mass is 16.5. The molecular weight excluding hydrogens is 266 g/mol. The molecule has 1 fully saturated rings. The molecule has 0 aromatic carbocycles. The second kappa shape index (κ2) is 8.36. The highest BCUT2D eigenvalue weighted by Gasteiger charge is 2.23. The van der Waals surface area contributed by atoms with Crippen LogP contribution in [-0.2, 0) is 14.3 Å². The second-order valence-electron chi connectivity index (χ2n) is 4.69. The van der Waals surface area contributed by atoms with Crippen LogP contribution < -0.4 is 16.0 Å². The van der Waals surface area contributed by atoms with E-state index in [0.29, 0.717) is 25.4 Å². The van der Waals surface area contributed by atoms with Gasteiger partial charge in [-0.2, -0.15) is 0 Å². The van der Waals surface area contributed by atoms with Gasteiger partial charge in [-0.05, 0) is 19.3 Å². The maximum Gasteiger partial charge on any atom is 0.328 e. The van der Waals surface area contributed by atoms with Gasteiger partial charge in [0.25, 0.3) is 0 Å². The summed E-state index contributed by atoms with van der Waals surface area (Å²) in [4.78, 5) is 33.6. The van der Waals surface area contributed by atoms with Gasteiger partial charge >= 0.3 is 12.0 Å². The zero-order valence-corrected chi connectivity index (χ0v) is 11.5. The molecule has 114 valence electrons. The molecule has 8 heteroatoms. The van der Waals surface area contributed by atoms with Crippen LogP contribution in [0.15, 0.2) is 0 Å². The van der Waals surface area contributed by atoms with E-state index in [0.717, 1.165) is 12.8 Å². The van der Waals surface area contributed by atoms with Gasteiger partial charge in [-0.25, -0.2) is 9.59 Å². The molecule has 3 amide bonds. The molecule has 0 aromatic heterocycles. The minimum Gasteiger partial charge on any atom is -0.480 e. The Kier molecular flexibility index (Phi) is 6.78. The summed E-state index contributed by atoms with van der Waals surface area (Å²) in [5.41, 5.74) is 0. The zero-order valence-electron chi connectivity index (χ0n) is 11.5. The number of carboxylic acids is 1. The number of carbonyl (C=O) groups is 3. The molecule has 1 unspecified atom stereocenters. The van der Waals surface area contributed by atoms with Crippen molar-refractivity contribution >= 4 is 17.9 Å². The number of hydrogen-bond donors (Lipinski definition) is 4. The molecule has 0 aliphatic heterocycles. The van der Waals surface area contributed by atoms with E-state index in [1.54, 1.807) is 0 Å². The molecule has 0 spiro atoms. The van der Waals surface area contributed by atoms with Crippen molar-refractivity contribution in [2.75, 3.05) is 20.3 Å². The minimum atomic E-state index is -1.16. The van der Waals surface area contributed by atoms with Crippen LogP contribution in [-0.4, -0.2) is 55.4 Å². The number of aliphatic carboxylic acids is 1. The highest BCUT2D eigenvalue weighted by Crippen LogP contribution is 2.18. The van der Waals surface area contributed by atoms with Crippen LogP contribution in [0.5, 0.6) is 0 Å². The SMILES string of the molecule is COCC(NC(=O)NCCCC(=O)NC1CC1)C(=O)O. The van der Waals surface area contributed by atoms with Gasteiger partial charge in [0.15, 0.2) is 6.04 Å². The molecule has 0 bridgehead atoms. The predicted molar refractivity (Wildman–Crippen MR) is 70.2 cm³/mol. The Bertz CT molecular complexity index is 357. The van der Waals surface area contributed by atoms with Gasteiger partial charge < -0.3 is 25.8 Å². The molecule has 0 saturated heterocycles. The van der Waals surface area contributed by atoms with E-state index >= 15 is 0 Å². The lowest BCUT2D eigenvalue weighted by Crippen LogP contribution is -2.48. The summed E-state index contributed by atoms with van der Waals surface area (Å²) in [6, 6.07) is -1.33. The van der Waals surface area contributed by atoms with Crippen LogP contribution in [0.25, 0.3) is 0 Å². The van der Waals surface area contributed by atoms with Gasteiger partial charge in [-0.1, -0.05) is 0 Å². The van der Waals surface area contributed by atoms with Gasteiger partial charge in [0.05, 0.1) is 6.61 Å². The summed E-state index contributed by atoms with van der Waals surface area (Å²) in [5.74, 6) is -1.18. The maximum atomic E-state index is 11.4. The molecule has 0 radical (unpaired) electrons. The van der Waals surface area contributed by atoms with Crippen molar-refractivity contribution in [2.45, 2.75) is 37.8 Å². The topological polar surface area (TPSA) is 117 Å². The van der Waals surface area contributed by atoms with Crippen molar-refractivity contribution in [3.8, 4) is 0 Å². The number of amides is 3. The Hall–Kier alpha value is -1.83. The Labute approximate surface area is 117 Å². The van der Waals surface area contributed by atoms with Crippen molar-refractivity contribution in [2.24, 2.45) is 0 Å². The predicted octanol–water partition coefficient (Wildman–Crippen LogP) is -0.556. The third kappa shape index (κ3) is 6.93. The highest BCUT2D eigenvalue weighted by molar-refractivity contribution is 5.82. The first-order valence-electron chi connectivity index (χ1n) is 6.58. The van der Waals surface area contributed by atoms with Crippen molar-refractivity contribution in [3.05, 3.63) is 0 Å². The van der Waals surface area contributed by atoms with Crippen LogP contribution in [0.4, 0.5) is 4.79 Å². The molecular formula is C12H21N3O5. The lowest BCUT2D eigenvalue weighted by molar-refractivity contribution is -0.140. The summed E-state index contributed by atoms with van der Waals surface area (Å²) < 4.78 is 4.69. The molecule has 0 aromatic rings. The monoisotopic (exact) mass is 287 g/mol. The van der Waals surface area contributed by atoms with Crippen molar-refractivity contribution in [1.29, 1.82) is 0 Å². The third-order valence-corrected chi connectivity index (χ3v) is 2.75. The van der Waals surface area contributed by atoms with Crippen LogP contribution in [0.2, 0.25) is 0 Å². The van der Waals surface area contributed by atoms with E-state index in [9.17, 15) is 14.4 Å². The van der Waals surface area contributed by atoms with Crippen molar-refractivity contribution < 1.29 is 24.2 Å². The second-order valence-corrected chi connectivity index (χ2v) is 4.69. The summed E-state index contributed by atoms with van der Waals surface area (Å²) >= 11 is 0. The van der Waals surface area contributed by atoms with Crippen LogP contribution in [0.3, 0.4) is 0 Å². The molecule has 8 nitrogen and oxygen atoms in total. The summed E-state index contributed by atoms with van der Waals surface area (Å²) in [7, 11) is 1.36. The molecule has 0 heterocycles. The summed E-state index contributed by atoms with van der Waals surface area (Å²) in [6.45, 7) is 0.204. The Balaban J connectivity index is 2.08. The van der Waals surface area contributed by atoms with Gasteiger partial charge in [0.1, 0.15) is 0 Å². The van der Waals surface area contributed by atoms with Crippen molar-refractivity contribution in [3.63, 3.8) is 0 Å². The average molecular weight is 287 g/mol. The van der Waals surface area contributed by atoms with Crippen LogP contribution >= 0.6 is 0 Å². The number of carboxylic acid groups (broad SMARTS) is 1. The lowest BCUT2D eigenvalue weighted by Gasteiger charge is -2.14. The van der Waals surface area contributed by atoms with Crippen LogP contribution in [0.1, 0.15) is 25.7 Å². The van der Waals surface area contributed by atoms with Gasteiger partial charge in [-0.15, -0.1) is 0 Å². The number of rotatable bonds is 9. The third-order valence-electron chi connectivity index (χ3n) is 2.75. The van der Waals surface area contributed by atoms with E-state index in [1.807, 2.05) is 0 Å². The fourth-order valence-electron chi connectivity index (χ4n) is 1.53. The van der Waals surface area contributed by atoms with E-state index < -0.39 is 18.0 Å². The van der Waals surface area contributed by atoms with Gasteiger partial charge in [-0.3, -0.25) is 4.79 Å². The smallest absolute Gasteiger partial charge is 0.328 e. The number of hydrogen-bond acceptors (Lipinski definition) is 4. The summed E-state index contributed by atoms with van der Waals surface area (Å²) in [6.07, 6.45) is 2.94. The van der Waals surface area contributed by atoms with Crippen LogP contribution in [0, 0.1) is 0 Å². The minimum absolute atomic E-state index is 0.0162. The molecule has 1 rings (SSSR count). The number of nitrogens with one attached hydrogen (secondary N) is 3. The Morgan fingerprint density at radius 2 is 2.05 bits per heavy atom. The van der Waals surface area contributed by atoms with E-state index in [1.165, 1.54) is 7.11 Å². The molecule has 20 heavy (non-hydrogen) atoms. The largest absolute Gasteiger partial charge is 0.480 e. The molecule has 1 saturated carbocycles. The fourth-order valence-corrected chi connectivity index (χ4v) is 1.53. The molecule has 1 aliphatic carbocycles. The average Bonchev–Trinajstić information content (AvgIpc) is 3.18. The molecule has 1 atom stereocenters. The van der Waals surface area contributed by atoms with E-state index in [2.05, 4.69) is 20.7 Å². The fraction of sp³-hybridized carbons (Fsp3) is 0.750. The molecule has 4 N–H and O–H groups in total. The Morgan fingerprint density at radius 1 is 1.35 bits per heavy atom. The van der Waals surface area contributed by atoms with Gasteiger partial charge in [0.2, 0.25) is 5.91 Å². The summed E-state index contributed by atoms with van der Waals surface area (Å²) in [5, 5.41) is 16.4. The number of urea groups is 1. The Morgan fingerprint density at radius 3 is 2.60 bits per heavy atom. The van der Waals surface area contributed by atoms with E-state index in [4.69, 9.17) is 5.11 Å². The first-order chi connectivity index (χ1) is 9.52. The normalized spacial score (nSPS) is 15.2. The standard InChI is InChI=1S/C12H21N3O5/c1-20-7-9(11(17)18)15-12(19)13-6-2-3-10(16)14-8-4-5-8/h8-9H,2-7H2,1H3,(H,14,16)(H,17,18)(H2,13,15,19). The number of methoxy groups -OCH3 is 1. The lowest BCUT2D eigenvalue weighted by atomic mass is 10.3. The number of carbonyl (C=O) groups excluding carboxylic acids is 2. The quantitative estimate of drug-likeness (QED) is 0.424. The zero-order chi connectivity index (χ0) is 15.0. The first kappa shape index (κ1) is 16.2. The van der Waals surface area contributed by atoms with Crippen molar-refractivity contribution in [1.82, 2.24) is 16.0 Å². The molecule has 1 aliphatic rings. The first-order valence-corrected chi connectivity index (χ1v) is 6.58. The van der Waals surface area contributed by atoms with Gasteiger partial charge in [0, 0.05) is 26.1 Å².